The molecule has 0 atom stereocenters. The monoisotopic (exact) mass is 221 g/mol. The quantitative estimate of drug-likeness (QED) is 0.649. The van der Waals surface area contributed by atoms with Crippen LogP contribution in [0.2, 0.25) is 0 Å². The van der Waals surface area contributed by atoms with Gasteiger partial charge in [0.1, 0.15) is 0 Å². The van der Waals surface area contributed by atoms with Crippen molar-refractivity contribution in [3.05, 3.63) is 0 Å². The van der Waals surface area contributed by atoms with Gasteiger partial charge in [0.15, 0.2) is 0 Å². The highest BCUT2D eigenvalue weighted by Gasteiger charge is 2.34. The van der Waals surface area contributed by atoms with Gasteiger partial charge in [-0.25, -0.2) is 4.72 Å². The Labute approximate surface area is 85.8 Å². The van der Waals surface area contributed by atoms with E-state index in [-0.39, 0.29) is 0 Å². The summed E-state index contributed by atoms with van der Waals surface area (Å²) in [5.74, 6) is 0.669. The number of hydrogen-bond acceptors (Lipinski definition) is 3. The Balaban J connectivity index is 2.36. The Morgan fingerprint density at radius 2 is 2.07 bits per heavy atom. The minimum Gasteiger partial charge on any atom is -0.330 e. The van der Waals surface area contributed by atoms with Gasteiger partial charge < -0.3 is 5.73 Å². The lowest BCUT2D eigenvalue weighted by atomic mass is 10.0. The second kappa shape index (κ2) is 4.57. The lowest BCUT2D eigenvalue weighted by Crippen LogP contribution is -2.56. The molecule has 14 heavy (non-hydrogen) atoms. The highest BCUT2D eigenvalue weighted by Crippen LogP contribution is 2.17. The molecule has 0 unspecified atom stereocenters. The smallest absolute Gasteiger partial charge is 0.279 e. The Morgan fingerprint density at radius 3 is 2.50 bits per heavy atom. The van der Waals surface area contributed by atoms with Crippen molar-refractivity contribution in [2.24, 2.45) is 17.6 Å². The van der Waals surface area contributed by atoms with Crippen LogP contribution in [0.25, 0.3) is 0 Å². The maximum Gasteiger partial charge on any atom is 0.279 e. The van der Waals surface area contributed by atoms with Gasteiger partial charge in [0, 0.05) is 19.6 Å². The van der Waals surface area contributed by atoms with E-state index in [1.54, 1.807) is 0 Å². The Morgan fingerprint density at radius 1 is 1.50 bits per heavy atom. The van der Waals surface area contributed by atoms with Gasteiger partial charge in [-0.3, -0.25) is 0 Å². The molecule has 0 radical (unpaired) electrons. The molecule has 1 aliphatic rings. The first-order chi connectivity index (χ1) is 6.45. The van der Waals surface area contributed by atoms with Crippen LogP contribution in [0.15, 0.2) is 0 Å². The maximum atomic E-state index is 11.6. The molecule has 5 nitrogen and oxygen atoms in total. The summed E-state index contributed by atoms with van der Waals surface area (Å²) in [5, 5.41) is 0. The Hall–Kier alpha value is -0.170. The van der Waals surface area contributed by atoms with Crippen molar-refractivity contribution in [1.82, 2.24) is 9.03 Å². The summed E-state index contributed by atoms with van der Waals surface area (Å²) in [5.41, 5.74) is 5.42. The van der Waals surface area contributed by atoms with Crippen LogP contribution in [0.1, 0.15) is 13.8 Å². The fraction of sp³-hybridized carbons (Fsp3) is 1.00. The summed E-state index contributed by atoms with van der Waals surface area (Å²) in [6, 6.07) is 0. The van der Waals surface area contributed by atoms with Crippen molar-refractivity contribution in [1.29, 1.82) is 0 Å². The Bertz CT molecular complexity index is 270. The molecule has 1 aliphatic heterocycles. The average Bonchev–Trinajstić information content (AvgIpc) is 1.99. The van der Waals surface area contributed by atoms with E-state index in [0.29, 0.717) is 38.0 Å². The predicted molar refractivity (Wildman–Crippen MR) is 55.9 cm³/mol. The number of rotatable bonds is 5. The van der Waals surface area contributed by atoms with E-state index in [9.17, 15) is 8.42 Å². The van der Waals surface area contributed by atoms with Crippen molar-refractivity contribution in [2.45, 2.75) is 13.8 Å². The summed E-state index contributed by atoms with van der Waals surface area (Å²) in [6.45, 7) is 6.12. The molecule has 0 saturated carbocycles. The zero-order chi connectivity index (χ0) is 10.8. The van der Waals surface area contributed by atoms with E-state index in [1.165, 1.54) is 4.31 Å². The molecule has 6 heteroatoms. The van der Waals surface area contributed by atoms with E-state index < -0.39 is 10.2 Å². The van der Waals surface area contributed by atoms with Gasteiger partial charge in [0.25, 0.3) is 10.2 Å². The van der Waals surface area contributed by atoms with E-state index in [4.69, 9.17) is 5.73 Å². The molecule has 1 saturated heterocycles. The van der Waals surface area contributed by atoms with Gasteiger partial charge in [-0.15, -0.1) is 0 Å². The summed E-state index contributed by atoms with van der Waals surface area (Å²) in [6.07, 6.45) is 0. The number of hydrogen-bond donors (Lipinski definition) is 2. The fourth-order valence-corrected chi connectivity index (χ4v) is 2.77. The number of nitrogens with one attached hydrogen (secondary N) is 1. The van der Waals surface area contributed by atoms with Crippen molar-refractivity contribution >= 4 is 10.2 Å². The van der Waals surface area contributed by atoms with Gasteiger partial charge in [-0.05, 0) is 18.4 Å². The number of nitrogens with zero attached hydrogens (tertiary/aromatic N) is 1. The highest BCUT2D eigenvalue weighted by atomic mass is 32.2. The molecule has 1 heterocycles. The van der Waals surface area contributed by atoms with Gasteiger partial charge in [0.2, 0.25) is 0 Å². The summed E-state index contributed by atoms with van der Waals surface area (Å²) >= 11 is 0. The molecule has 1 fully saturated rings. The zero-order valence-electron chi connectivity index (χ0n) is 8.73. The van der Waals surface area contributed by atoms with E-state index >= 15 is 0 Å². The van der Waals surface area contributed by atoms with Crippen molar-refractivity contribution in [2.75, 3.05) is 26.2 Å². The van der Waals surface area contributed by atoms with E-state index in [0.717, 1.165) is 0 Å². The third kappa shape index (κ3) is 2.91. The predicted octanol–water partition coefficient (Wildman–Crippen LogP) is -0.633. The van der Waals surface area contributed by atoms with Crippen LogP contribution >= 0.6 is 0 Å². The standard InChI is InChI=1S/C8H19N3O2S/c1-7(2)4-10-14(12,13)11-5-8(3-9)6-11/h7-8,10H,3-6,9H2,1-2H3. The lowest BCUT2D eigenvalue weighted by molar-refractivity contribution is 0.204. The van der Waals surface area contributed by atoms with Crippen molar-refractivity contribution in [3.63, 3.8) is 0 Å². The van der Waals surface area contributed by atoms with Gasteiger partial charge in [-0.2, -0.15) is 12.7 Å². The van der Waals surface area contributed by atoms with Gasteiger partial charge >= 0.3 is 0 Å². The van der Waals surface area contributed by atoms with Crippen LogP contribution in [-0.4, -0.2) is 38.9 Å². The molecule has 0 aliphatic carbocycles. The molecule has 0 spiro atoms. The van der Waals surface area contributed by atoms with Crippen LogP contribution in [0.3, 0.4) is 0 Å². The SMILES string of the molecule is CC(C)CNS(=O)(=O)N1CC(CN)C1. The topological polar surface area (TPSA) is 75.4 Å². The second-order valence-electron chi connectivity index (χ2n) is 4.17. The van der Waals surface area contributed by atoms with Crippen LogP contribution in [0.5, 0.6) is 0 Å². The summed E-state index contributed by atoms with van der Waals surface area (Å²) < 4.78 is 27.1. The van der Waals surface area contributed by atoms with E-state index in [2.05, 4.69) is 4.72 Å². The molecule has 0 aromatic carbocycles. The van der Waals surface area contributed by atoms with Crippen LogP contribution in [-0.2, 0) is 10.2 Å². The normalized spacial score (nSPS) is 20.0. The fourth-order valence-electron chi connectivity index (χ4n) is 1.23. The molecule has 0 bridgehead atoms. The summed E-state index contributed by atoms with van der Waals surface area (Å²) in [7, 11) is -3.23. The molecular formula is C8H19N3O2S. The zero-order valence-corrected chi connectivity index (χ0v) is 9.55. The van der Waals surface area contributed by atoms with Crippen LogP contribution in [0.4, 0.5) is 0 Å². The molecule has 0 aromatic rings. The maximum absolute atomic E-state index is 11.6. The van der Waals surface area contributed by atoms with Gasteiger partial charge in [0.05, 0.1) is 0 Å². The van der Waals surface area contributed by atoms with Crippen molar-refractivity contribution in [3.8, 4) is 0 Å². The first-order valence-corrected chi connectivity index (χ1v) is 6.34. The molecule has 3 N–H and O–H groups in total. The third-order valence-corrected chi connectivity index (χ3v) is 3.78. The van der Waals surface area contributed by atoms with Crippen LogP contribution < -0.4 is 10.5 Å². The Kier molecular flexibility index (Phi) is 3.88. The van der Waals surface area contributed by atoms with Gasteiger partial charge in [-0.1, -0.05) is 13.8 Å². The minimum absolute atomic E-state index is 0.330. The highest BCUT2D eigenvalue weighted by molar-refractivity contribution is 7.87. The third-order valence-electron chi connectivity index (χ3n) is 2.27. The number of nitrogens with two attached hydrogens (primary N) is 1. The molecule has 0 aromatic heterocycles. The second-order valence-corrected chi connectivity index (χ2v) is 5.92. The minimum atomic E-state index is -3.23. The lowest BCUT2D eigenvalue weighted by Gasteiger charge is -2.37. The molecular weight excluding hydrogens is 202 g/mol. The van der Waals surface area contributed by atoms with Crippen molar-refractivity contribution < 1.29 is 8.42 Å². The molecule has 0 amide bonds. The van der Waals surface area contributed by atoms with Crippen LogP contribution in [0, 0.1) is 11.8 Å². The largest absolute Gasteiger partial charge is 0.330 e. The summed E-state index contributed by atoms with van der Waals surface area (Å²) in [4.78, 5) is 0. The average molecular weight is 221 g/mol. The molecule has 1 rings (SSSR count). The first kappa shape index (κ1) is 11.9. The van der Waals surface area contributed by atoms with E-state index in [1.807, 2.05) is 13.8 Å². The molecule has 84 valence electrons. The first-order valence-electron chi connectivity index (χ1n) is 4.90.